The van der Waals surface area contributed by atoms with Gasteiger partial charge in [-0.2, -0.15) is 0 Å². The van der Waals surface area contributed by atoms with Crippen LogP contribution in [0.15, 0.2) is 12.4 Å². The molecule has 1 aliphatic carbocycles. The fourth-order valence-electron chi connectivity index (χ4n) is 1.41. The van der Waals surface area contributed by atoms with Crippen LogP contribution in [0.25, 0.3) is 0 Å². The molecule has 12 heavy (non-hydrogen) atoms. The van der Waals surface area contributed by atoms with E-state index in [1.165, 1.54) is 19.3 Å². The van der Waals surface area contributed by atoms with Crippen LogP contribution in [-0.2, 0) is 13.6 Å². The van der Waals surface area contributed by atoms with Gasteiger partial charge in [-0.25, -0.2) is 4.98 Å². The van der Waals surface area contributed by atoms with E-state index in [2.05, 4.69) is 14.9 Å². The molecule has 1 aliphatic rings. The molecule has 1 saturated carbocycles. The fourth-order valence-corrected chi connectivity index (χ4v) is 1.41. The van der Waals surface area contributed by atoms with Crippen LogP contribution in [0.2, 0.25) is 0 Å². The molecular formula is C9H15N3. The van der Waals surface area contributed by atoms with E-state index in [1.807, 2.05) is 19.4 Å². The summed E-state index contributed by atoms with van der Waals surface area (Å²) in [5.41, 5.74) is 0. The summed E-state index contributed by atoms with van der Waals surface area (Å²) in [5, 5.41) is 3.48. The summed E-state index contributed by atoms with van der Waals surface area (Å²) < 4.78 is 2.06. The molecule has 3 nitrogen and oxygen atoms in total. The van der Waals surface area contributed by atoms with Crippen LogP contribution >= 0.6 is 0 Å². The van der Waals surface area contributed by atoms with Gasteiger partial charge in [0.15, 0.2) is 0 Å². The molecule has 0 spiro atoms. The van der Waals surface area contributed by atoms with Gasteiger partial charge in [0, 0.05) is 25.5 Å². The Balaban J connectivity index is 1.82. The van der Waals surface area contributed by atoms with Crippen LogP contribution in [0, 0.1) is 0 Å². The molecule has 1 fully saturated rings. The Morgan fingerprint density at radius 1 is 1.67 bits per heavy atom. The monoisotopic (exact) mass is 165 g/mol. The summed E-state index contributed by atoms with van der Waals surface area (Å²) in [7, 11) is 2.03. The Morgan fingerprint density at radius 2 is 2.50 bits per heavy atom. The zero-order valence-electron chi connectivity index (χ0n) is 7.45. The quantitative estimate of drug-likeness (QED) is 0.726. The summed E-state index contributed by atoms with van der Waals surface area (Å²) in [4.78, 5) is 4.25. The van der Waals surface area contributed by atoms with Crippen molar-refractivity contribution in [3.05, 3.63) is 18.2 Å². The molecule has 1 N–H and O–H groups in total. The number of rotatable bonds is 3. The second-order valence-electron chi connectivity index (χ2n) is 3.46. The van der Waals surface area contributed by atoms with Crippen LogP contribution in [0.3, 0.4) is 0 Å². The minimum absolute atomic E-state index is 0.752. The average molecular weight is 165 g/mol. The number of hydrogen-bond acceptors (Lipinski definition) is 2. The van der Waals surface area contributed by atoms with Gasteiger partial charge in [-0.3, -0.25) is 0 Å². The van der Waals surface area contributed by atoms with Crippen LogP contribution in [0.5, 0.6) is 0 Å². The summed E-state index contributed by atoms with van der Waals surface area (Å²) in [6.45, 7) is 0.911. The minimum Gasteiger partial charge on any atom is -0.337 e. The Morgan fingerprint density at radius 3 is 3.00 bits per heavy atom. The first-order chi connectivity index (χ1) is 5.86. The van der Waals surface area contributed by atoms with Gasteiger partial charge in [0.25, 0.3) is 0 Å². The molecule has 1 aromatic heterocycles. The Bertz CT molecular complexity index is 250. The zero-order chi connectivity index (χ0) is 8.39. The van der Waals surface area contributed by atoms with Gasteiger partial charge < -0.3 is 9.88 Å². The van der Waals surface area contributed by atoms with Gasteiger partial charge in [0.05, 0.1) is 6.54 Å². The maximum Gasteiger partial charge on any atom is 0.122 e. The minimum atomic E-state index is 0.752. The van der Waals surface area contributed by atoms with E-state index in [1.54, 1.807) is 0 Å². The summed E-state index contributed by atoms with van der Waals surface area (Å²) in [6, 6.07) is 0.752. The predicted molar refractivity (Wildman–Crippen MR) is 47.7 cm³/mol. The number of hydrogen-bond donors (Lipinski definition) is 1. The second kappa shape index (κ2) is 3.27. The van der Waals surface area contributed by atoms with Crippen molar-refractivity contribution in [3.63, 3.8) is 0 Å². The molecule has 1 heterocycles. The third-order valence-electron chi connectivity index (χ3n) is 2.57. The zero-order valence-corrected chi connectivity index (χ0v) is 7.45. The molecule has 0 atom stereocenters. The van der Waals surface area contributed by atoms with E-state index < -0.39 is 0 Å². The molecule has 66 valence electrons. The molecule has 2 rings (SSSR count). The van der Waals surface area contributed by atoms with Crippen molar-refractivity contribution >= 4 is 0 Å². The molecule has 0 aliphatic heterocycles. The standard InChI is InChI=1S/C9H15N3/c1-12-6-5-10-9(12)7-11-8-3-2-4-8/h5-6,8,11H,2-4,7H2,1H3. The lowest BCUT2D eigenvalue weighted by molar-refractivity contribution is 0.334. The number of imidazole rings is 1. The van der Waals surface area contributed by atoms with Crippen molar-refractivity contribution in [1.29, 1.82) is 0 Å². The van der Waals surface area contributed by atoms with Gasteiger partial charge in [0.2, 0.25) is 0 Å². The van der Waals surface area contributed by atoms with Gasteiger partial charge in [-0.15, -0.1) is 0 Å². The molecule has 0 amide bonds. The fraction of sp³-hybridized carbons (Fsp3) is 0.667. The molecule has 0 bridgehead atoms. The van der Waals surface area contributed by atoms with E-state index in [0.717, 1.165) is 18.4 Å². The van der Waals surface area contributed by atoms with Gasteiger partial charge >= 0.3 is 0 Å². The summed E-state index contributed by atoms with van der Waals surface area (Å²) in [5.74, 6) is 1.13. The van der Waals surface area contributed by atoms with E-state index in [-0.39, 0.29) is 0 Å². The summed E-state index contributed by atoms with van der Waals surface area (Å²) in [6.07, 6.45) is 7.89. The third kappa shape index (κ3) is 1.50. The van der Waals surface area contributed by atoms with Gasteiger partial charge in [-0.05, 0) is 12.8 Å². The van der Waals surface area contributed by atoms with Crippen LogP contribution < -0.4 is 5.32 Å². The van der Waals surface area contributed by atoms with Crippen LogP contribution in [0.4, 0.5) is 0 Å². The highest BCUT2D eigenvalue weighted by Crippen LogP contribution is 2.18. The summed E-state index contributed by atoms with van der Waals surface area (Å²) >= 11 is 0. The lowest BCUT2D eigenvalue weighted by atomic mass is 9.93. The molecule has 0 saturated heterocycles. The van der Waals surface area contributed by atoms with E-state index in [0.29, 0.717) is 0 Å². The smallest absolute Gasteiger partial charge is 0.122 e. The number of aromatic nitrogens is 2. The topological polar surface area (TPSA) is 29.9 Å². The van der Waals surface area contributed by atoms with Gasteiger partial charge in [-0.1, -0.05) is 6.42 Å². The normalized spacial score (nSPS) is 17.8. The maximum absolute atomic E-state index is 4.25. The Hall–Kier alpha value is -0.830. The molecule has 3 heteroatoms. The van der Waals surface area contributed by atoms with E-state index in [4.69, 9.17) is 0 Å². The number of aryl methyl sites for hydroxylation is 1. The first kappa shape index (κ1) is 7.80. The molecule has 1 aromatic rings. The van der Waals surface area contributed by atoms with Crippen molar-refractivity contribution in [1.82, 2.24) is 14.9 Å². The highest BCUT2D eigenvalue weighted by Gasteiger charge is 2.16. The van der Waals surface area contributed by atoms with E-state index >= 15 is 0 Å². The first-order valence-electron chi connectivity index (χ1n) is 4.56. The van der Waals surface area contributed by atoms with Crippen molar-refractivity contribution < 1.29 is 0 Å². The lowest BCUT2D eigenvalue weighted by Gasteiger charge is -2.26. The number of nitrogens with zero attached hydrogens (tertiary/aromatic N) is 2. The third-order valence-corrected chi connectivity index (χ3v) is 2.57. The maximum atomic E-state index is 4.25. The second-order valence-corrected chi connectivity index (χ2v) is 3.46. The lowest BCUT2D eigenvalue weighted by Crippen LogP contribution is -2.35. The van der Waals surface area contributed by atoms with E-state index in [9.17, 15) is 0 Å². The highest BCUT2D eigenvalue weighted by molar-refractivity contribution is 4.91. The predicted octanol–water partition coefficient (Wildman–Crippen LogP) is 1.06. The average Bonchev–Trinajstić information content (AvgIpc) is 2.33. The van der Waals surface area contributed by atoms with Crippen molar-refractivity contribution in [2.75, 3.05) is 0 Å². The molecule has 0 radical (unpaired) electrons. The highest BCUT2D eigenvalue weighted by atomic mass is 15.1. The van der Waals surface area contributed by atoms with Crippen molar-refractivity contribution in [3.8, 4) is 0 Å². The molecular weight excluding hydrogens is 150 g/mol. The van der Waals surface area contributed by atoms with Crippen LogP contribution in [-0.4, -0.2) is 15.6 Å². The molecule has 0 unspecified atom stereocenters. The SMILES string of the molecule is Cn1ccnc1CNC1CCC1. The van der Waals surface area contributed by atoms with Crippen LogP contribution in [0.1, 0.15) is 25.1 Å². The Labute approximate surface area is 72.8 Å². The first-order valence-corrected chi connectivity index (χ1v) is 4.56. The largest absolute Gasteiger partial charge is 0.337 e. The molecule has 0 aromatic carbocycles. The number of nitrogens with one attached hydrogen (secondary N) is 1. The van der Waals surface area contributed by atoms with Gasteiger partial charge in [0.1, 0.15) is 5.82 Å². The van der Waals surface area contributed by atoms with Crippen molar-refractivity contribution in [2.45, 2.75) is 31.8 Å². The Kier molecular flexibility index (Phi) is 2.13. The van der Waals surface area contributed by atoms with Crippen molar-refractivity contribution in [2.24, 2.45) is 7.05 Å².